The highest BCUT2D eigenvalue weighted by molar-refractivity contribution is 7.99. The van der Waals surface area contributed by atoms with Crippen LogP contribution >= 0.6 is 23.4 Å². The number of benzene rings is 2. The smallest absolute Gasteiger partial charge is 0.234 e. The lowest BCUT2D eigenvalue weighted by atomic mass is 10.2. The third-order valence-corrected chi connectivity index (χ3v) is 4.81. The first-order chi connectivity index (χ1) is 12.6. The van der Waals surface area contributed by atoms with Crippen molar-refractivity contribution in [3.63, 3.8) is 0 Å². The van der Waals surface area contributed by atoms with Crippen LogP contribution in [-0.2, 0) is 11.3 Å². The fraction of sp³-hybridized carbons (Fsp3) is 0.167. The molecule has 5 nitrogen and oxygen atoms in total. The van der Waals surface area contributed by atoms with E-state index in [0.717, 1.165) is 11.4 Å². The fourth-order valence-corrected chi connectivity index (χ4v) is 3.28. The predicted molar refractivity (Wildman–Crippen MR) is 102 cm³/mol. The molecular weight excluding hydrogens is 375 g/mol. The second-order valence-electron chi connectivity index (χ2n) is 5.40. The Labute approximate surface area is 159 Å². The molecule has 0 spiro atoms. The van der Waals surface area contributed by atoms with Crippen molar-refractivity contribution in [2.75, 3.05) is 11.1 Å². The summed E-state index contributed by atoms with van der Waals surface area (Å²) in [7, 11) is 0. The van der Waals surface area contributed by atoms with Gasteiger partial charge in [-0.1, -0.05) is 23.4 Å². The Kier molecular flexibility index (Phi) is 5.90. The van der Waals surface area contributed by atoms with E-state index in [1.165, 1.54) is 36.0 Å². The number of hydrogen-bond donors (Lipinski definition) is 1. The van der Waals surface area contributed by atoms with Crippen molar-refractivity contribution >= 4 is 35.0 Å². The number of hydrogen-bond acceptors (Lipinski definition) is 4. The van der Waals surface area contributed by atoms with E-state index in [0.29, 0.717) is 22.4 Å². The number of thioether (sulfide) groups is 1. The van der Waals surface area contributed by atoms with Gasteiger partial charge in [0.15, 0.2) is 11.0 Å². The fourth-order valence-electron chi connectivity index (χ4n) is 2.35. The van der Waals surface area contributed by atoms with Crippen LogP contribution in [0.5, 0.6) is 0 Å². The van der Waals surface area contributed by atoms with E-state index >= 15 is 0 Å². The third-order valence-electron chi connectivity index (χ3n) is 3.60. The first-order valence-electron chi connectivity index (χ1n) is 7.94. The van der Waals surface area contributed by atoms with Gasteiger partial charge in [-0.05, 0) is 55.5 Å². The molecule has 8 heteroatoms. The Hall–Kier alpha value is -2.38. The van der Waals surface area contributed by atoms with Gasteiger partial charge >= 0.3 is 0 Å². The van der Waals surface area contributed by atoms with Gasteiger partial charge in [-0.3, -0.25) is 4.79 Å². The Morgan fingerprint density at radius 1 is 1.15 bits per heavy atom. The van der Waals surface area contributed by atoms with Crippen LogP contribution in [0, 0.1) is 5.82 Å². The van der Waals surface area contributed by atoms with Crippen molar-refractivity contribution in [2.45, 2.75) is 18.6 Å². The minimum atomic E-state index is -0.344. The van der Waals surface area contributed by atoms with Gasteiger partial charge in [-0.15, -0.1) is 10.2 Å². The van der Waals surface area contributed by atoms with Crippen LogP contribution in [0.15, 0.2) is 53.7 Å². The maximum absolute atomic E-state index is 12.9. The van der Waals surface area contributed by atoms with Crippen LogP contribution in [0.4, 0.5) is 10.1 Å². The van der Waals surface area contributed by atoms with Crippen molar-refractivity contribution in [1.29, 1.82) is 0 Å². The SMILES string of the molecule is CCn1c(SCC(=O)Nc2ccc(F)cc2)nnc1-c1ccc(Cl)cc1. The van der Waals surface area contributed by atoms with Crippen LogP contribution in [0.1, 0.15) is 6.92 Å². The van der Waals surface area contributed by atoms with Gasteiger partial charge in [0.05, 0.1) is 5.75 Å². The number of carbonyl (C=O) groups excluding carboxylic acids is 1. The molecule has 0 aliphatic carbocycles. The second-order valence-corrected chi connectivity index (χ2v) is 6.78. The highest BCUT2D eigenvalue weighted by Crippen LogP contribution is 2.25. The molecule has 3 rings (SSSR count). The number of aromatic nitrogens is 3. The molecule has 0 saturated heterocycles. The van der Waals surface area contributed by atoms with Gasteiger partial charge in [0.2, 0.25) is 5.91 Å². The van der Waals surface area contributed by atoms with Crippen molar-refractivity contribution in [3.8, 4) is 11.4 Å². The van der Waals surface area contributed by atoms with Crippen LogP contribution in [0.2, 0.25) is 5.02 Å². The molecule has 0 bridgehead atoms. The number of halogens is 2. The molecule has 0 radical (unpaired) electrons. The molecule has 0 aliphatic rings. The molecule has 0 aliphatic heterocycles. The molecule has 1 aromatic heterocycles. The Morgan fingerprint density at radius 3 is 2.50 bits per heavy atom. The average Bonchev–Trinajstić information content (AvgIpc) is 3.05. The van der Waals surface area contributed by atoms with Crippen LogP contribution in [-0.4, -0.2) is 26.4 Å². The highest BCUT2D eigenvalue weighted by atomic mass is 35.5. The first-order valence-corrected chi connectivity index (χ1v) is 9.30. The van der Waals surface area contributed by atoms with Crippen LogP contribution in [0.25, 0.3) is 11.4 Å². The summed E-state index contributed by atoms with van der Waals surface area (Å²) < 4.78 is 14.8. The average molecular weight is 391 g/mol. The summed E-state index contributed by atoms with van der Waals surface area (Å²) in [6.07, 6.45) is 0. The van der Waals surface area contributed by atoms with Crippen molar-refractivity contribution < 1.29 is 9.18 Å². The minimum Gasteiger partial charge on any atom is -0.325 e. The highest BCUT2D eigenvalue weighted by Gasteiger charge is 2.14. The summed E-state index contributed by atoms with van der Waals surface area (Å²) in [4.78, 5) is 12.1. The summed E-state index contributed by atoms with van der Waals surface area (Å²) in [5.41, 5.74) is 1.46. The maximum atomic E-state index is 12.9. The summed E-state index contributed by atoms with van der Waals surface area (Å²) in [5, 5.41) is 12.5. The van der Waals surface area contributed by atoms with Gasteiger partial charge in [-0.25, -0.2) is 4.39 Å². The molecule has 26 heavy (non-hydrogen) atoms. The molecule has 0 atom stereocenters. The van der Waals surface area contributed by atoms with E-state index in [1.54, 1.807) is 12.1 Å². The van der Waals surface area contributed by atoms with Gasteiger partial charge in [-0.2, -0.15) is 0 Å². The molecule has 0 unspecified atom stereocenters. The number of nitrogens with zero attached hydrogens (tertiary/aromatic N) is 3. The zero-order chi connectivity index (χ0) is 18.5. The van der Waals surface area contributed by atoms with Gasteiger partial charge in [0, 0.05) is 22.8 Å². The number of nitrogens with one attached hydrogen (secondary N) is 1. The second kappa shape index (κ2) is 8.33. The Bertz CT molecular complexity index is 897. The zero-order valence-corrected chi connectivity index (χ0v) is 15.5. The molecule has 2 aromatic carbocycles. The first kappa shape index (κ1) is 18.4. The molecule has 1 amide bonds. The lowest BCUT2D eigenvalue weighted by molar-refractivity contribution is -0.113. The lowest BCUT2D eigenvalue weighted by Crippen LogP contribution is -2.14. The van der Waals surface area contributed by atoms with E-state index in [1.807, 2.05) is 23.6 Å². The standard InChI is InChI=1S/C18H16ClFN4OS/c1-2-24-17(12-3-5-13(19)6-4-12)22-23-18(24)26-11-16(25)21-15-9-7-14(20)8-10-15/h3-10H,2,11H2,1H3,(H,21,25). The summed E-state index contributed by atoms with van der Waals surface area (Å²) in [5.74, 6) is 0.366. The van der Waals surface area contributed by atoms with Crippen molar-refractivity contribution in [2.24, 2.45) is 0 Å². The maximum Gasteiger partial charge on any atom is 0.234 e. The Morgan fingerprint density at radius 2 is 1.85 bits per heavy atom. The van der Waals surface area contributed by atoms with Gasteiger partial charge < -0.3 is 9.88 Å². The van der Waals surface area contributed by atoms with Crippen LogP contribution in [0.3, 0.4) is 0 Å². The number of rotatable bonds is 6. The van der Waals surface area contributed by atoms with E-state index in [9.17, 15) is 9.18 Å². The van der Waals surface area contributed by atoms with E-state index in [4.69, 9.17) is 11.6 Å². The zero-order valence-electron chi connectivity index (χ0n) is 13.9. The molecule has 0 saturated carbocycles. The van der Waals surface area contributed by atoms with Crippen molar-refractivity contribution in [3.05, 3.63) is 59.4 Å². The van der Waals surface area contributed by atoms with Gasteiger partial charge in [0.1, 0.15) is 5.82 Å². The molecule has 134 valence electrons. The Balaban J connectivity index is 1.67. The summed E-state index contributed by atoms with van der Waals surface area (Å²) in [6, 6.07) is 13.0. The number of anilines is 1. The molecular formula is C18H16ClFN4OS. The number of carbonyl (C=O) groups is 1. The van der Waals surface area contributed by atoms with E-state index in [-0.39, 0.29) is 17.5 Å². The largest absolute Gasteiger partial charge is 0.325 e. The minimum absolute atomic E-state index is 0.177. The molecule has 1 N–H and O–H groups in total. The topological polar surface area (TPSA) is 59.8 Å². The van der Waals surface area contributed by atoms with Crippen molar-refractivity contribution in [1.82, 2.24) is 14.8 Å². The molecule has 0 fully saturated rings. The van der Waals surface area contributed by atoms with Gasteiger partial charge in [0.25, 0.3) is 0 Å². The summed E-state index contributed by atoms with van der Waals surface area (Å²) >= 11 is 7.22. The predicted octanol–water partition coefficient (Wildman–Crippen LogP) is 4.49. The van der Waals surface area contributed by atoms with E-state index < -0.39 is 0 Å². The lowest BCUT2D eigenvalue weighted by Gasteiger charge is -2.08. The molecule has 3 aromatic rings. The third kappa shape index (κ3) is 4.42. The van der Waals surface area contributed by atoms with E-state index in [2.05, 4.69) is 15.5 Å². The quantitative estimate of drug-likeness (QED) is 0.630. The number of amides is 1. The molecule has 1 heterocycles. The monoisotopic (exact) mass is 390 g/mol. The van der Waals surface area contributed by atoms with Crippen LogP contribution < -0.4 is 5.32 Å². The normalized spacial score (nSPS) is 10.7. The summed E-state index contributed by atoms with van der Waals surface area (Å²) in [6.45, 7) is 2.66.